The first-order valence-corrected chi connectivity index (χ1v) is 10.8. The lowest BCUT2D eigenvalue weighted by Crippen LogP contribution is -2.13. The normalized spacial score (nSPS) is 11.2. The van der Waals surface area contributed by atoms with Crippen LogP contribution in [0.3, 0.4) is 0 Å². The molecular formula is C27H21ClN2O2. The van der Waals surface area contributed by atoms with E-state index >= 15 is 0 Å². The molecule has 0 atom stereocenters. The lowest BCUT2D eigenvalue weighted by Gasteiger charge is -2.12. The molecule has 0 unspecified atom stereocenters. The van der Waals surface area contributed by atoms with Crippen molar-refractivity contribution in [3.8, 4) is 11.5 Å². The smallest absolute Gasteiger partial charge is 0.256 e. The predicted molar refractivity (Wildman–Crippen MR) is 131 cm³/mol. The van der Waals surface area contributed by atoms with Crippen LogP contribution in [-0.4, -0.2) is 10.9 Å². The van der Waals surface area contributed by atoms with E-state index in [1.807, 2.05) is 75.4 Å². The number of benzene rings is 4. The molecule has 0 radical (unpaired) electrons. The topological polar surface area (TPSA) is 55.1 Å². The Morgan fingerprint density at radius 3 is 2.53 bits per heavy atom. The van der Waals surface area contributed by atoms with Gasteiger partial charge in [0.05, 0.1) is 0 Å². The van der Waals surface area contributed by atoms with E-state index in [4.69, 9.17) is 16.0 Å². The van der Waals surface area contributed by atoms with Gasteiger partial charge in [-0.05, 0) is 73.2 Å². The summed E-state index contributed by atoms with van der Waals surface area (Å²) < 4.78 is 6.06. The maximum atomic E-state index is 13.2. The second-order valence-electron chi connectivity index (χ2n) is 8.07. The quantitative estimate of drug-likeness (QED) is 0.316. The van der Waals surface area contributed by atoms with Gasteiger partial charge in [0, 0.05) is 27.2 Å². The van der Waals surface area contributed by atoms with E-state index < -0.39 is 0 Å². The molecule has 0 spiro atoms. The zero-order chi connectivity index (χ0) is 22.4. The molecule has 0 aliphatic rings. The molecule has 1 amide bonds. The molecular weight excluding hydrogens is 420 g/mol. The molecule has 1 heterocycles. The average Bonchev–Trinajstić information content (AvgIpc) is 3.19. The summed E-state index contributed by atoms with van der Waals surface area (Å²) in [6, 6.07) is 21.0. The van der Waals surface area contributed by atoms with Crippen LogP contribution in [-0.2, 0) is 0 Å². The molecule has 4 aromatic carbocycles. The van der Waals surface area contributed by atoms with Crippen LogP contribution in [0.4, 0.5) is 5.69 Å². The molecule has 158 valence electrons. The summed E-state index contributed by atoms with van der Waals surface area (Å²) >= 11 is 6.31. The van der Waals surface area contributed by atoms with Gasteiger partial charge in [0.1, 0.15) is 5.52 Å². The third-order valence-corrected chi connectivity index (χ3v) is 6.00. The van der Waals surface area contributed by atoms with Crippen molar-refractivity contribution < 1.29 is 9.21 Å². The first-order valence-electron chi connectivity index (χ1n) is 10.4. The standard InChI is InChI=1S/C27H21ClN2O2/c1-15-12-17(3)25-24(13-15)30-27(32-25)18-11-10-16(2)23(14-18)29-26(31)21-8-4-7-20-19(21)6-5-9-22(20)28/h4-14H,1-3H3,(H,29,31). The number of carbonyl (C=O) groups is 1. The molecule has 4 nitrogen and oxygen atoms in total. The second-order valence-corrected chi connectivity index (χ2v) is 8.48. The summed E-state index contributed by atoms with van der Waals surface area (Å²) in [6.07, 6.45) is 0. The van der Waals surface area contributed by atoms with Gasteiger partial charge in [-0.25, -0.2) is 4.98 Å². The van der Waals surface area contributed by atoms with Crippen molar-refractivity contribution in [2.45, 2.75) is 20.8 Å². The highest BCUT2D eigenvalue weighted by atomic mass is 35.5. The molecule has 5 aromatic rings. The Labute approximate surface area is 190 Å². The Morgan fingerprint density at radius 2 is 1.69 bits per heavy atom. The van der Waals surface area contributed by atoms with Crippen molar-refractivity contribution in [1.29, 1.82) is 0 Å². The van der Waals surface area contributed by atoms with E-state index in [9.17, 15) is 4.79 Å². The van der Waals surface area contributed by atoms with E-state index in [-0.39, 0.29) is 5.91 Å². The van der Waals surface area contributed by atoms with Gasteiger partial charge in [-0.1, -0.05) is 48.0 Å². The minimum absolute atomic E-state index is 0.192. The number of anilines is 1. The van der Waals surface area contributed by atoms with Crippen molar-refractivity contribution in [3.63, 3.8) is 0 Å². The van der Waals surface area contributed by atoms with Crippen LogP contribution < -0.4 is 5.32 Å². The van der Waals surface area contributed by atoms with Gasteiger partial charge in [-0.15, -0.1) is 0 Å². The summed E-state index contributed by atoms with van der Waals surface area (Å²) in [5.74, 6) is 0.336. The Hall–Kier alpha value is -3.63. The minimum atomic E-state index is -0.192. The van der Waals surface area contributed by atoms with Crippen LogP contribution in [0, 0.1) is 20.8 Å². The van der Waals surface area contributed by atoms with Crippen molar-refractivity contribution in [3.05, 3.63) is 94.0 Å². The molecule has 0 bridgehead atoms. The van der Waals surface area contributed by atoms with Crippen molar-refractivity contribution >= 4 is 45.1 Å². The number of carbonyl (C=O) groups excluding carboxylic acids is 1. The van der Waals surface area contributed by atoms with Crippen LogP contribution in [0.25, 0.3) is 33.3 Å². The van der Waals surface area contributed by atoms with E-state index in [0.29, 0.717) is 22.2 Å². The van der Waals surface area contributed by atoms with Gasteiger partial charge in [0.2, 0.25) is 5.89 Å². The Morgan fingerprint density at radius 1 is 0.906 bits per heavy atom. The van der Waals surface area contributed by atoms with E-state index in [1.54, 1.807) is 6.07 Å². The van der Waals surface area contributed by atoms with Crippen molar-refractivity contribution in [2.75, 3.05) is 5.32 Å². The fourth-order valence-corrected chi connectivity index (χ4v) is 4.29. The van der Waals surface area contributed by atoms with Gasteiger partial charge in [0.15, 0.2) is 5.58 Å². The zero-order valence-corrected chi connectivity index (χ0v) is 18.7. The summed E-state index contributed by atoms with van der Waals surface area (Å²) in [7, 11) is 0. The number of rotatable bonds is 3. The Kier molecular flexibility index (Phi) is 4.95. The van der Waals surface area contributed by atoms with Crippen LogP contribution in [0.1, 0.15) is 27.0 Å². The number of aromatic nitrogens is 1. The summed E-state index contributed by atoms with van der Waals surface area (Å²) in [6.45, 7) is 6.02. The average molecular weight is 441 g/mol. The monoisotopic (exact) mass is 440 g/mol. The van der Waals surface area contributed by atoms with Crippen molar-refractivity contribution in [2.24, 2.45) is 0 Å². The number of aryl methyl sites for hydroxylation is 3. The molecule has 0 aliphatic heterocycles. The van der Waals surface area contributed by atoms with E-state index in [2.05, 4.69) is 16.4 Å². The Balaban J connectivity index is 1.52. The highest BCUT2D eigenvalue weighted by molar-refractivity contribution is 6.36. The number of fused-ring (bicyclic) bond motifs is 2. The minimum Gasteiger partial charge on any atom is -0.436 e. The summed E-state index contributed by atoms with van der Waals surface area (Å²) in [4.78, 5) is 17.8. The molecule has 1 N–H and O–H groups in total. The van der Waals surface area contributed by atoms with Gasteiger partial charge >= 0.3 is 0 Å². The summed E-state index contributed by atoms with van der Waals surface area (Å²) in [5, 5.41) is 5.34. The third kappa shape index (κ3) is 3.53. The first-order chi connectivity index (χ1) is 15.4. The third-order valence-electron chi connectivity index (χ3n) is 5.67. The first kappa shape index (κ1) is 20.3. The zero-order valence-electron chi connectivity index (χ0n) is 18.0. The molecule has 5 rings (SSSR count). The fraction of sp³-hybridized carbons (Fsp3) is 0.111. The lowest BCUT2D eigenvalue weighted by molar-refractivity contribution is 0.102. The van der Waals surface area contributed by atoms with Crippen LogP contribution in [0.15, 0.2) is 71.1 Å². The number of hydrogen-bond donors (Lipinski definition) is 1. The number of oxazole rings is 1. The highest BCUT2D eigenvalue weighted by Crippen LogP contribution is 2.31. The van der Waals surface area contributed by atoms with Gasteiger partial charge in [-0.3, -0.25) is 4.79 Å². The molecule has 32 heavy (non-hydrogen) atoms. The maximum Gasteiger partial charge on any atom is 0.256 e. The van der Waals surface area contributed by atoms with Gasteiger partial charge in [-0.2, -0.15) is 0 Å². The number of hydrogen-bond acceptors (Lipinski definition) is 3. The van der Waals surface area contributed by atoms with Crippen molar-refractivity contribution in [1.82, 2.24) is 4.98 Å². The number of amides is 1. The molecule has 0 saturated heterocycles. The predicted octanol–water partition coefficient (Wildman–Crippen LogP) is 7.48. The molecule has 0 saturated carbocycles. The molecule has 5 heteroatoms. The maximum absolute atomic E-state index is 13.2. The van der Waals surface area contributed by atoms with Crippen LogP contribution >= 0.6 is 11.6 Å². The fourth-order valence-electron chi connectivity index (χ4n) is 4.05. The molecule has 0 aliphatic carbocycles. The van der Waals surface area contributed by atoms with Crippen LogP contribution in [0.5, 0.6) is 0 Å². The van der Waals surface area contributed by atoms with E-state index in [1.165, 1.54) is 0 Å². The Bertz CT molecular complexity index is 1520. The SMILES string of the molecule is Cc1cc(C)c2oc(-c3ccc(C)c(NC(=O)c4cccc5c(Cl)cccc45)c3)nc2c1. The second kappa shape index (κ2) is 7.81. The molecule has 1 aromatic heterocycles. The molecule has 0 fully saturated rings. The van der Waals surface area contributed by atoms with Gasteiger partial charge in [0.25, 0.3) is 5.91 Å². The van der Waals surface area contributed by atoms with E-state index in [0.717, 1.165) is 44.1 Å². The lowest BCUT2D eigenvalue weighted by atomic mass is 10.0. The summed E-state index contributed by atoms with van der Waals surface area (Å²) in [5.41, 5.74) is 6.84. The van der Waals surface area contributed by atoms with Crippen LogP contribution in [0.2, 0.25) is 5.02 Å². The largest absolute Gasteiger partial charge is 0.436 e. The number of nitrogens with zero attached hydrogens (tertiary/aromatic N) is 1. The highest BCUT2D eigenvalue weighted by Gasteiger charge is 2.15. The van der Waals surface area contributed by atoms with Gasteiger partial charge < -0.3 is 9.73 Å². The number of nitrogens with one attached hydrogen (secondary N) is 1. The number of halogens is 1.